The number of benzene rings is 2. The molecule has 31 heavy (non-hydrogen) atoms. The van der Waals surface area contributed by atoms with E-state index >= 15 is 0 Å². The molecule has 0 aliphatic carbocycles. The Kier molecular flexibility index (Phi) is 5.62. The SMILES string of the molecule is N=C(c1ccc(CN2CCCC2=O)cc1)c1c(Nc2c(F)cccc2F)cc[nH]c1=O. The molecular weight excluding hydrogens is 402 g/mol. The Hall–Kier alpha value is -3.81. The standard InChI is InChI=1S/C23H20F2N4O2/c24-16-3-1-4-17(25)22(16)28-18-10-11-27-23(31)20(18)21(26)15-8-6-14(7-9-15)13-29-12-2-5-19(29)30/h1,3-4,6-11,26H,2,5,12-13H2,(H2,27,28,31). The number of hydrogen-bond acceptors (Lipinski definition) is 4. The van der Waals surface area contributed by atoms with Crippen LogP contribution in [-0.2, 0) is 11.3 Å². The Morgan fingerprint density at radius 2 is 1.77 bits per heavy atom. The van der Waals surface area contributed by atoms with Gasteiger partial charge in [-0.2, -0.15) is 0 Å². The molecular formula is C23H20F2N4O2. The highest BCUT2D eigenvalue weighted by Gasteiger charge is 2.21. The number of anilines is 2. The van der Waals surface area contributed by atoms with Crippen molar-refractivity contribution < 1.29 is 13.6 Å². The highest BCUT2D eigenvalue weighted by molar-refractivity contribution is 6.14. The topological polar surface area (TPSA) is 89.1 Å². The summed E-state index contributed by atoms with van der Waals surface area (Å²) in [5, 5.41) is 11.2. The third-order valence-corrected chi connectivity index (χ3v) is 5.22. The first-order chi connectivity index (χ1) is 14.9. The van der Waals surface area contributed by atoms with Crippen molar-refractivity contribution >= 4 is 23.0 Å². The quantitative estimate of drug-likeness (QED) is 0.526. The number of carbonyl (C=O) groups is 1. The van der Waals surface area contributed by atoms with Crippen LogP contribution in [0.25, 0.3) is 0 Å². The molecule has 158 valence electrons. The summed E-state index contributed by atoms with van der Waals surface area (Å²) in [5.41, 5.74) is 0.416. The first-order valence-corrected chi connectivity index (χ1v) is 9.83. The summed E-state index contributed by atoms with van der Waals surface area (Å²) in [4.78, 5) is 28.6. The molecule has 3 N–H and O–H groups in total. The van der Waals surface area contributed by atoms with Crippen LogP contribution in [-0.4, -0.2) is 28.0 Å². The van der Waals surface area contributed by atoms with Gasteiger partial charge in [0.05, 0.1) is 17.0 Å². The molecule has 0 atom stereocenters. The van der Waals surface area contributed by atoms with Gasteiger partial charge in [0.1, 0.15) is 17.3 Å². The lowest BCUT2D eigenvalue weighted by Gasteiger charge is -2.16. The van der Waals surface area contributed by atoms with Crippen molar-refractivity contribution in [3.8, 4) is 0 Å². The van der Waals surface area contributed by atoms with Gasteiger partial charge in [0.15, 0.2) is 0 Å². The van der Waals surface area contributed by atoms with Gasteiger partial charge in [0.25, 0.3) is 5.56 Å². The maximum absolute atomic E-state index is 14.1. The van der Waals surface area contributed by atoms with Crippen LogP contribution in [0.5, 0.6) is 0 Å². The van der Waals surface area contributed by atoms with E-state index in [-0.39, 0.29) is 22.9 Å². The van der Waals surface area contributed by atoms with Gasteiger partial charge in [-0.3, -0.25) is 15.0 Å². The third kappa shape index (κ3) is 4.23. The van der Waals surface area contributed by atoms with Crippen molar-refractivity contribution in [1.82, 2.24) is 9.88 Å². The van der Waals surface area contributed by atoms with Gasteiger partial charge >= 0.3 is 0 Å². The molecule has 0 saturated carbocycles. The number of rotatable bonds is 6. The van der Waals surface area contributed by atoms with Gasteiger partial charge < -0.3 is 15.2 Å². The van der Waals surface area contributed by atoms with E-state index in [2.05, 4.69) is 10.3 Å². The lowest BCUT2D eigenvalue weighted by molar-refractivity contribution is -0.128. The number of aromatic amines is 1. The molecule has 6 nitrogen and oxygen atoms in total. The predicted octanol–water partition coefficient (Wildman–Crippen LogP) is 3.94. The maximum atomic E-state index is 14.1. The number of halogens is 2. The van der Waals surface area contributed by atoms with Crippen molar-refractivity contribution in [2.45, 2.75) is 19.4 Å². The molecule has 1 amide bonds. The molecule has 2 heterocycles. The fourth-order valence-corrected chi connectivity index (χ4v) is 3.60. The zero-order valence-electron chi connectivity index (χ0n) is 16.5. The Morgan fingerprint density at radius 3 is 2.42 bits per heavy atom. The highest BCUT2D eigenvalue weighted by Crippen LogP contribution is 2.25. The van der Waals surface area contributed by atoms with Gasteiger partial charge in [-0.1, -0.05) is 30.3 Å². The second kappa shape index (κ2) is 8.51. The Bertz CT molecular complexity index is 1180. The van der Waals surface area contributed by atoms with Gasteiger partial charge in [0, 0.05) is 31.3 Å². The van der Waals surface area contributed by atoms with Crippen LogP contribution >= 0.6 is 0 Å². The van der Waals surface area contributed by atoms with Crippen LogP contribution < -0.4 is 10.9 Å². The molecule has 1 saturated heterocycles. The van der Waals surface area contributed by atoms with E-state index in [9.17, 15) is 18.4 Å². The van der Waals surface area contributed by atoms with Crippen LogP contribution in [0.2, 0.25) is 0 Å². The largest absolute Gasteiger partial charge is 0.350 e. The van der Waals surface area contributed by atoms with E-state index in [1.165, 1.54) is 18.3 Å². The average Bonchev–Trinajstić information content (AvgIpc) is 3.15. The summed E-state index contributed by atoms with van der Waals surface area (Å²) >= 11 is 0. The first kappa shape index (κ1) is 20.5. The number of hydrogen-bond donors (Lipinski definition) is 3. The lowest BCUT2D eigenvalue weighted by atomic mass is 10.0. The first-order valence-electron chi connectivity index (χ1n) is 9.83. The van der Waals surface area contributed by atoms with Crippen molar-refractivity contribution in [3.05, 3.63) is 93.4 Å². The molecule has 0 unspecified atom stereocenters. The molecule has 1 aliphatic heterocycles. The molecule has 0 spiro atoms. The minimum Gasteiger partial charge on any atom is -0.350 e. The average molecular weight is 422 g/mol. The number of aromatic nitrogens is 1. The lowest BCUT2D eigenvalue weighted by Crippen LogP contribution is -2.24. The van der Waals surface area contributed by atoms with Gasteiger partial charge in [0.2, 0.25) is 5.91 Å². The fourth-order valence-electron chi connectivity index (χ4n) is 3.60. The molecule has 1 aromatic heterocycles. The Morgan fingerprint density at radius 1 is 1.06 bits per heavy atom. The van der Waals surface area contributed by atoms with Gasteiger partial charge in [-0.25, -0.2) is 8.78 Å². The van der Waals surface area contributed by atoms with Crippen molar-refractivity contribution in [2.24, 2.45) is 0 Å². The van der Waals surface area contributed by atoms with Crippen LogP contribution in [0, 0.1) is 17.0 Å². The van der Waals surface area contributed by atoms with Gasteiger partial charge in [-0.05, 0) is 30.2 Å². The monoisotopic (exact) mass is 422 g/mol. The highest BCUT2D eigenvalue weighted by atomic mass is 19.1. The summed E-state index contributed by atoms with van der Waals surface area (Å²) in [6.45, 7) is 1.23. The zero-order valence-corrected chi connectivity index (χ0v) is 16.5. The van der Waals surface area contributed by atoms with E-state index in [0.717, 1.165) is 30.7 Å². The number of carbonyl (C=O) groups excluding carboxylic acids is 1. The molecule has 4 rings (SSSR count). The summed E-state index contributed by atoms with van der Waals surface area (Å²) < 4.78 is 28.1. The zero-order chi connectivity index (χ0) is 22.0. The van der Waals surface area contributed by atoms with E-state index in [4.69, 9.17) is 5.41 Å². The summed E-state index contributed by atoms with van der Waals surface area (Å²) in [6.07, 6.45) is 2.77. The van der Waals surface area contributed by atoms with Crippen molar-refractivity contribution in [1.29, 1.82) is 5.41 Å². The van der Waals surface area contributed by atoms with Crippen molar-refractivity contribution in [3.63, 3.8) is 0 Å². The van der Waals surface area contributed by atoms with Crippen LogP contribution in [0.1, 0.15) is 29.5 Å². The molecule has 2 aromatic carbocycles. The Balaban J connectivity index is 1.61. The molecule has 0 bridgehead atoms. The van der Waals surface area contributed by atoms with Crippen LogP contribution in [0.4, 0.5) is 20.2 Å². The number of nitrogens with zero attached hydrogens (tertiary/aromatic N) is 1. The van der Waals surface area contributed by atoms with Crippen molar-refractivity contribution in [2.75, 3.05) is 11.9 Å². The van der Waals surface area contributed by atoms with Crippen LogP contribution in [0.15, 0.2) is 59.5 Å². The number of H-pyrrole nitrogens is 1. The molecule has 3 aromatic rings. The molecule has 0 radical (unpaired) electrons. The molecule has 8 heteroatoms. The normalized spacial score (nSPS) is 13.5. The number of pyridine rings is 1. The number of para-hydroxylation sites is 1. The number of nitrogens with one attached hydrogen (secondary N) is 3. The third-order valence-electron chi connectivity index (χ3n) is 5.22. The smallest absolute Gasteiger partial charge is 0.259 e. The summed E-state index contributed by atoms with van der Waals surface area (Å²) in [7, 11) is 0. The Labute approximate surface area is 177 Å². The van der Waals surface area contributed by atoms with E-state index < -0.39 is 22.9 Å². The minimum absolute atomic E-state index is 0.0346. The molecule has 1 fully saturated rings. The fraction of sp³-hybridized carbons (Fsp3) is 0.174. The summed E-state index contributed by atoms with van der Waals surface area (Å²) in [6, 6.07) is 11.9. The van der Waals surface area contributed by atoms with Gasteiger partial charge in [-0.15, -0.1) is 0 Å². The number of likely N-dealkylation sites (tertiary alicyclic amines) is 1. The second-order valence-electron chi connectivity index (χ2n) is 7.31. The van der Waals surface area contributed by atoms with E-state index in [1.54, 1.807) is 29.2 Å². The minimum atomic E-state index is -0.807. The predicted molar refractivity (Wildman–Crippen MR) is 114 cm³/mol. The number of amides is 1. The molecule has 1 aliphatic rings. The van der Waals surface area contributed by atoms with E-state index in [0.29, 0.717) is 18.5 Å². The maximum Gasteiger partial charge on any atom is 0.259 e. The second-order valence-corrected chi connectivity index (χ2v) is 7.31. The summed E-state index contributed by atoms with van der Waals surface area (Å²) in [5.74, 6) is -1.49. The van der Waals surface area contributed by atoms with E-state index in [1.807, 2.05) is 0 Å². The van der Waals surface area contributed by atoms with Crippen LogP contribution in [0.3, 0.4) is 0 Å².